The summed E-state index contributed by atoms with van der Waals surface area (Å²) in [7, 11) is 0. The van der Waals surface area contributed by atoms with E-state index in [1.807, 2.05) is 19.1 Å². The summed E-state index contributed by atoms with van der Waals surface area (Å²) in [4.78, 5) is 29.2. The van der Waals surface area contributed by atoms with E-state index in [0.29, 0.717) is 11.1 Å². The molecule has 0 aliphatic carbocycles. The monoisotopic (exact) mass is 331 g/mol. The quantitative estimate of drug-likeness (QED) is 0.345. The Kier molecular flexibility index (Phi) is 3.35. The zero-order chi connectivity index (χ0) is 17.6. The fraction of sp³-hybridized carbons (Fsp3) is 0.0500. The van der Waals surface area contributed by atoms with E-state index < -0.39 is 11.4 Å². The minimum absolute atomic E-state index is 0.117. The van der Waals surface area contributed by atoms with Gasteiger partial charge >= 0.3 is 5.63 Å². The number of aromatic nitrogens is 1. The number of hydrogen-bond donors (Lipinski definition) is 1. The molecule has 0 bridgehead atoms. The van der Waals surface area contributed by atoms with Crippen molar-refractivity contribution in [3.63, 3.8) is 0 Å². The molecule has 2 aromatic carbocycles. The highest BCUT2D eigenvalue weighted by molar-refractivity contribution is 6.12. The van der Waals surface area contributed by atoms with Crippen molar-refractivity contribution < 1.29 is 14.3 Å². The Labute approximate surface area is 142 Å². The highest BCUT2D eigenvalue weighted by Crippen LogP contribution is 2.25. The first kappa shape index (κ1) is 15.1. The van der Waals surface area contributed by atoms with Gasteiger partial charge in [0.2, 0.25) is 0 Å². The van der Waals surface area contributed by atoms with Crippen molar-refractivity contribution in [1.82, 2.24) is 4.98 Å². The molecule has 122 valence electrons. The number of carbonyl (C=O) groups excluding carboxylic acids is 1. The Morgan fingerprint density at radius 3 is 2.68 bits per heavy atom. The van der Waals surface area contributed by atoms with Gasteiger partial charge < -0.3 is 9.52 Å². The minimum atomic E-state index is -0.550. The molecule has 0 saturated heterocycles. The first-order valence-electron chi connectivity index (χ1n) is 7.70. The van der Waals surface area contributed by atoms with E-state index in [0.717, 1.165) is 10.9 Å². The molecular weight excluding hydrogens is 318 g/mol. The molecule has 4 aromatic rings. The van der Waals surface area contributed by atoms with Crippen LogP contribution in [0.2, 0.25) is 0 Å². The first-order chi connectivity index (χ1) is 12.0. The van der Waals surface area contributed by atoms with E-state index >= 15 is 0 Å². The number of aromatic hydroxyl groups is 1. The highest BCUT2D eigenvalue weighted by Gasteiger charge is 2.16. The molecule has 5 nitrogen and oxygen atoms in total. The summed E-state index contributed by atoms with van der Waals surface area (Å²) < 4.78 is 5.34. The number of pyridine rings is 1. The van der Waals surface area contributed by atoms with Crippen LogP contribution in [-0.2, 0) is 0 Å². The lowest BCUT2D eigenvalue weighted by Crippen LogP contribution is -2.06. The van der Waals surface area contributed by atoms with Crippen LogP contribution in [0.25, 0.3) is 21.9 Å². The van der Waals surface area contributed by atoms with Crippen LogP contribution in [0.5, 0.6) is 5.75 Å². The van der Waals surface area contributed by atoms with Crippen LogP contribution in [0, 0.1) is 6.92 Å². The predicted molar refractivity (Wildman–Crippen MR) is 94.1 cm³/mol. The van der Waals surface area contributed by atoms with Crippen LogP contribution in [0.4, 0.5) is 0 Å². The number of carbonyl (C=O) groups is 1. The van der Waals surface area contributed by atoms with Crippen LogP contribution in [0.15, 0.2) is 63.9 Å². The molecule has 0 spiro atoms. The van der Waals surface area contributed by atoms with Gasteiger partial charge in [-0.15, -0.1) is 0 Å². The van der Waals surface area contributed by atoms with Gasteiger partial charge in [0.25, 0.3) is 0 Å². The number of ketones is 1. The third kappa shape index (κ3) is 2.46. The van der Waals surface area contributed by atoms with Crippen molar-refractivity contribution >= 4 is 27.7 Å². The number of aryl methyl sites for hydroxylation is 1. The number of hydrogen-bond acceptors (Lipinski definition) is 5. The molecule has 0 atom stereocenters. The van der Waals surface area contributed by atoms with Crippen molar-refractivity contribution in [2.45, 2.75) is 6.92 Å². The summed E-state index contributed by atoms with van der Waals surface area (Å²) in [6.07, 6.45) is 1.42. The molecule has 0 saturated carbocycles. The molecule has 0 fully saturated rings. The number of benzene rings is 2. The van der Waals surface area contributed by atoms with Gasteiger partial charge in [-0.05, 0) is 37.3 Å². The Morgan fingerprint density at radius 1 is 1.08 bits per heavy atom. The third-order valence-electron chi connectivity index (χ3n) is 4.11. The second-order valence-corrected chi connectivity index (χ2v) is 5.86. The molecule has 0 unspecified atom stereocenters. The smallest absolute Gasteiger partial charge is 0.345 e. The summed E-state index contributed by atoms with van der Waals surface area (Å²) in [5, 5.41) is 10.8. The Hall–Kier alpha value is -3.47. The molecule has 4 rings (SSSR count). The van der Waals surface area contributed by atoms with E-state index in [1.165, 1.54) is 24.4 Å². The van der Waals surface area contributed by atoms with Crippen LogP contribution in [0.1, 0.15) is 21.5 Å². The average Bonchev–Trinajstić information content (AvgIpc) is 2.62. The maximum absolute atomic E-state index is 12.6. The van der Waals surface area contributed by atoms with Crippen LogP contribution >= 0.6 is 0 Å². The fourth-order valence-electron chi connectivity index (χ4n) is 2.85. The Balaban J connectivity index is 1.96. The molecule has 2 heterocycles. The maximum Gasteiger partial charge on any atom is 0.345 e. The van der Waals surface area contributed by atoms with Gasteiger partial charge in [0.05, 0.1) is 16.5 Å². The van der Waals surface area contributed by atoms with Gasteiger partial charge in [-0.1, -0.05) is 23.8 Å². The Bertz CT molecular complexity index is 1210. The zero-order valence-electron chi connectivity index (χ0n) is 13.3. The molecule has 0 amide bonds. The lowest BCUT2D eigenvalue weighted by Gasteiger charge is -2.06. The normalized spacial score (nSPS) is 11.1. The summed E-state index contributed by atoms with van der Waals surface area (Å²) in [6, 6.07) is 13.2. The summed E-state index contributed by atoms with van der Waals surface area (Å²) >= 11 is 0. The standard InChI is InChI=1S/C20H13NO4/c1-11-6-7-17-14(8-11)18-15(20(24)25-17)9-12(10-21-18)19(23)13-4-2-3-5-16(13)22/h2-10,22H,1H3. The summed E-state index contributed by atoms with van der Waals surface area (Å²) in [6.45, 7) is 1.94. The molecule has 25 heavy (non-hydrogen) atoms. The number of para-hydroxylation sites is 1. The Morgan fingerprint density at radius 2 is 1.88 bits per heavy atom. The first-order valence-corrected chi connectivity index (χ1v) is 7.70. The van der Waals surface area contributed by atoms with Crippen molar-refractivity contribution in [1.29, 1.82) is 0 Å². The summed E-state index contributed by atoms with van der Waals surface area (Å²) in [5.74, 6) is -0.523. The third-order valence-corrected chi connectivity index (χ3v) is 4.11. The maximum atomic E-state index is 12.6. The van der Waals surface area contributed by atoms with Crippen LogP contribution in [-0.4, -0.2) is 15.9 Å². The summed E-state index contributed by atoms with van der Waals surface area (Å²) in [5.41, 5.74) is 1.78. The second-order valence-electron chi connectivity index (χ2n) is 5.86. The van der Waals surface area contributed by atoms with Gasteiger partial charge in [0.1, 0.15) is 11.3 Å². The number of phenols is 1. The molecule has 2 aromatic heterocycles. The van der Waals surface area contributed by atoms with E-state index in [2.05, 4.69) is 4.98 Å². The number of fused-ring (bicyclic) bond motifs is 3. The lowest BCUT2D eigenvalue weighted by atomic mass is 10.0. The van der Waals surface area contributed by atoms with E-state index in [4.69, 9.17) is 4.42 Å². The topological polar surface area (TPSA) is 80.4 Å². The van der Waals surface area contributed by atoms with Gasteiger partial charge in [-0.3, -0.25) is 9.78 Å². The molecular formula is C20H13NO4. The molecule has 0 radical (unpaired) electrons. The van der Waals surface area contributed by atoms with Crippen molar-refractivity contribution in [3.8, 4) is 5.75 Å². The molecule has 0 aliphatic rings. The predicted octanol–water partition coefficient (Wildman–Crippen LogP) is 3.59. The highest BCUT2D eigenvalue weighted by atomic mass is 16.4. The molecule has 5 heteroatoms. The number of nitrogens with zero attached hydrogens (tertiary/aromatic N) is 1. The van der Waals surface area contributed by atoms with Crippen molar-refractivity contribution in [2.24, 2.45) is 0 Å². The van der Waals surface area contributed by atoms with Crippen LogP contribution < -0.4 is 5.63 Å². The fourth-order valence-corrected chi connectivity index (χ4v) is 2.85. The number of phenolic OH excluding ortho intramolecular Hbond substituents is 1. The lowest BCUT2D eigenvalue weighted by molar-refractivity contribution is 0.103. The SMILES string of the molecule is Cc1ccc2oc(=O)c3cc(C(=O)c4ccccc4O)cnc3c2c1. The molecule has 1 N–H and O–H groups in total. The van der Waals surface area contributed by atoms with Crippen molar-refractivity contribution in [2.75, 3.05) is 0 Å². The van der Waals surface area contributed by atoms with Crippen LogP contribution in [0.3, 0.4) is 0 Å². The van der Waals surface area contributed by atoms with Gasteiger partial charge in [0, 0.05) is 17.1 Å². The second kappa shape index (κ2) is 5.56. The number of rotatable bonds is 2. The van der Waals surface area contributed by atoms with E-state index in [1.54, 1.807) is 18.2 Å². The van der Waals surface area contributed by atoms with Gasteiger partial charge in [-0.25, -0.2) is 4.79 Å². The minimum Gasteiger partial charge on any atom is -0.507 e. The van der Waals surface area contributed by atoms with E-state index in [-0.39, 0.29) is 22.3 Å². The largest absolute Gasteiger partial charge is 0.507 e. The average molecular weight is 331 g/mol. The zero-order valence-corrected chi connectivity index (χ0v) is 13.3. The van der Waals surface area contributed by atoms with E-state index in [9.17, 15) is 14.7 Å². The molecule has 0 aliphatic heterocycles. The van der Waals surface area contributed by atoms with Crippen molar-refractivity contribution in [3.05, 3.63) is 81.8 Å². The van der Waals surface area contributed by atoms with Gasteiger partial charge in [0.15, 0.2) is 5.78 Å². The van der Waals surface area contributed by atoms with Gasteiger partial charge in [-0.2, -0.15) is 0 Å².